The molecule has 0 amide bonds. The van der Waals surface area contributed by atoms with Crippen LogP contribution in [-0.2, 0) is 14.3 Å². The number of nitrogens with one attached hydrogen (secondary N) is 1. The third-order valence-electron chi connectivity index (χ3n) is 4.23. The Morgan fingerprint density at radius 3 is 1.89 bits per heavy atom. The zero-order chi connectivity index (χ0) is 20.6. The lowest BCUT2D eigenvalue weighted by atomic mass is 9.84. The molecular weight excluding hydrogens is 350 g/mol. The van der Waals surface area contributed by atoms with Crippen LogP contribution >= 0.6 is 0 Å². The van der Waals surface area contributed by atoms with Crippen LogP contribution in [0.5, 0.6) is 0 Å². The normalized spacial score (nSPS) is 12.1. The summed E-state index contributed by atoms with van der Waals surface area (Å²) in [6.45, 7) is 8.45. The molecular formula is C24H29NO3. The summed E-state index contributed by atoms with van der Waals surface area (Å²) in [6.07, 6.45) is 1.64. The standard InChI is InChI=1S/C24H29NO3/c1-5-28-23(27)20(16-17-25-24(2,3)4)22(26)21(18-12-8-6-9-13-18)19-14-10-7-11-15-19/h6-16,21,25H,5,17H2,1-4H3/b20-16-. The molecule has 4 heteroatoms. The van der Waals surface area contributed by atoms with Crippen LogP contribution in [0.4, 0.5) is 0 Å². The Balaban J connectivity index is 2.44. The number of carbonyl (C=O) groups excluding carboxylic acids is 2. The molecule has 0 aliphatic carbocycles. The third-order valence-corrected chi connectivity index (χ3v) is 4.23. The Morgan fingerprint density at radius 2 is 1.46 bits per heavy atom. The van der Waals surface area contributed by atoms with Crippen LogP contribution in [0.2, 0.25) is 0 Å². The van der Waals surface area contributed by atoms with E-state index in [1.807, 2.05) is 81.4 Å². The van der Waals surface area contributed by atoms with Gasteiger partial charge in [0.15, 0.2) is 5.78 Å². The number of Topliss-reactive ketones (excluding diaryl/α,β-unsaturated/α-hetero) is 1. The first-order valence-electron chi connectivity index (χ1n) is 9.60. The van der Waals surface area contributed by atoms with Crippen molar-refractivity contribution in [3.05, 3.63) is 83.4 Å². The molecule has 0 bridgehead atoms. The second kappa shape index (κ2) is 10.00. The lowest BCUT2D eigenvalue weighted by Crippen LogP contribution is -2.36. The van der Waals surface area contributed by atoms with E-state index in [2.05, 4.69) is 5.32 Å². The van der Waals surface area contributed by atoms with Gasteiger partial charge < -0.3 is 10.1 Å². The average Bonchev–Trinajstić information content (AvgIpc) is 2.66. The molecule has 2 aromatic carbocycles. The summed E-state index contributed by atoms with van der Waals surface area (Å²) < 4.78 is 5.17. The van der Waals surface area contributed by atoms with Crippen molar-refractivity contribution in [1.29, 1.82) is 0 Å². The first kappa shape index (κ1) is 21.6. The molecule has 0 heterocycles. The van der Waals surface area contributed by atoms with Crippen molar-refractivity contribution in [1.82, 2.24) is 5.32 Å². The molecule has 2 rings (SSSR count). The van der Waals surface area contributed by atoms with Gasteiger partial charge >= 0.3 is 5.97 Å². The predicted molar refractivity (Wildman–Crippen MR) is 112 cm³/mol. The SMILES string of the molecule is CCOC(=O)/C(=C\CNC(C)(C)C)C(=O)C(c1ccccc1)c1ccccc1. The Morgan fingerprint density at radius 1 is 0.964 bits per heavy atom. The summed E-state index contributed by atoms with van der Waals surface area (Å²) in [5, 5.41) is 3.29. The number of hydrogen-bond donors (Lipinski definition) is 1. The van der Waals surface area contributed by atoms with E-state index in [4.69, 9.17) is 4.74 Å². The Kier molecular flexibility index (Phi) is 7.70. The van der Waals surface area contributed by atoms with Gasteiger partial charge in [-0.05, 0) is 38.8 Å². The number of ether oxygens (including phenoxy) is 1. The van der Waals surface area contributed by atoms with E-state index in [0.717, 1.165) is 11.1 Å². The zero-order valence-electron chi connectivity index (χ0n) is 17.1. The number of benzene rings is 2. The quantitative estimate of drug-likeness (QED) is 0.322. The van der Waals surface area contributed by atoms with Crippen molar-refractivity contribution in [3.63, 3.8) is 0 Å². The maximum absolute atomic E-state index is 13.5. The van der Waals surface area contributed by atoms with Crippen LogP contribution in [0.15, 0.2) is 72.3 Å². The summed E-state index contributed by atoms with van der Waals surface area (Å²) in [5.41, 5.74) is 1.64. The van der Waals surface area contributed by atoms with Gasteiger partial charge in [-0.1, -0.05) is 66.7 Å². The summed E-state index contributed by atoms with van der Waals surface area (Å²) in [6, 6.07) is 19.0. The average molecular weight is 380 g/mol. The molecule has 0 saturated carbocycles. The van der Waals surface area contributed by atoms with Gasteiger partial charge in [-0.25, -0.2) is 4.79 Å². The molecule has 4 nitrogen and oxygen atoms in total. The lowest BCUT2D eigenvalue weighted by molar-refractivity contribution is -0.140. The molecule has 2 aromatic rings. The van der Waals surface area contributed by atoms with Crippen LogP contribution in [0.1, 0.15) is 44.7 Å². The topological polar surface area (TPSA) is 55.4 Å². The highest BCUT2D eigenvalue weighted by atomic mass is 16.5. The van der Waals surface area contributed by atoms with Crippen molar-refractivity contribution in [2.75, 3.05) is 13.2 Å². The summed E-state index contributed by atoms with van der Waals surface area (Å²) in [4.78, 5) is 26.1. The molecule has 0 aromatic heterocycles. The molecule has 1 N–H and O–H groups in total. The molecule has 0 fully saturated rings. The van der Waals surface area contributed by atoms with E-state index in [9.17, 15) is 9.59 Å². The van der Waals surface area contributed by atoms with E-state index < -0.39 is 11.9 Å². The van der Waals surface area contributed by atoms with E-state index in [0.29, 0.717) is 6.54 Å². The summed E-state index contributed by atoms with van der Waals surface area (Å²) in [5.74, 6) is -1.40. The fourth-order valence-electron chi connectivity index (χ4n) is 2.89. The number of rotatable bonds is 8. The molecule has 0 aliphatic rings. The largest absolute Gasteiger partial charge is 0.462 e. The molecule has 0 radical (unpaired) electrons. The molecule has 148 valence electrons. The van der Waals surface area contributed by atoms with E-state index >= 15 is 0 Å². The maximum atomic E-state index is 13.5. The first-order valence-corrected chi connectivity index (χ1v) is 9.60. The zero-order valence-corrected chi connectivity index (χ0v) is 17.1. The second-order valence-electron chi connectivity index (χ2n) is 7.59. The minimum absolute atomic E-state index is 0.0799. The van der Waals surface area contributed by atoms with Crippen LogP contribution in [-0.4, -0.2) is 30.4 Å². The first-order chi connectivity index (χ1) is 13.3. The molecule has 28 heavy (non-hydrogen) atoms. The van der Waals surface area contributed by atoms with Crippen molar-refractivity contribution in [2.45, 2.75) is 39.2 Å². The van der Waals surface area contributed by atoms with Gasteiger partial charge in [-0.3, -0.25) is 4.79 Å². The highest BCUT2D eigenvalue weighted by Gasteiger charge is 2.30. The van der Waals surface area contributed by atoms with Gasteiger partial charge in [0, 0.05) is 12.1 Å². The maximum Gasteiger partial charge on any atom is 0.341 e. The van der Waals surface area contributed by atoms with Crippen molar-refractivity contribution in [2.24, 2.45) is 0 Å². The van der Waals surface area contributed by atoms with Gasteiger partial charge in [0.05, 0.1) is 12.5 Å². The van der Waals surface area contributed by atoms with Crippen molar-refractivity contribution in [3.8, 4) is 0 Å². The van der Waals surface area contributed by atoms with Crippen molar-refractivity contribution >= 4 is 11.8 Å². The summed E-state index contributed by atoms with van der Waals surface area (Å²) in [7, 11) is 0. The van der Waals surface area contributed by atoms with Crippen LogP contribution in [0.25, 0.3) is 0 Å². The lowest BCUT2D eigenvalue weighted by Gasteiger charge is -2.21. The van der Waals surface area contributed by atoms with Crippen molar-refractivity contribution < 1.29 is 14.3 Å². The number of carbonyl (C=O) groups is 2. The molecule has 0 saturated heterocycles. The Hall–Kier alpha value is -2.72. The molecule has 0 spiro atoms. The smallest absolute Gasteiger partial charge is 0.341 e. The van der Waals surface area contributed by atoms with E-state index in [1.165, 1.54) is 0 Å². The fourth-order valence-corrected chi connectivity index (χ4v) is 2.89. The van der Waals surface area contributed by atoms with Crippen LogP contribution in [0, 0.1) is 0 Å². The molecule has 0 atom stereocenters. The van der Waals surface area contributed by atoms with Gasteiger partial charge in [0.2, 0.25) is 0 Å². The minimum Gasteiger partial charge on any atom is -0.462 e. The predicted octanol–water partition coefficient (Wildman–Crippen LogP) is 4.27. The number of hydrogen-bond acceptors (Lipinski definition) is 4. The van der Waals surface area contributed by atoms with Crippen LogP contribution in [0.3, 0.4) is 0 Å². The van der Waals surface area contributed by atoms with E-state index in [1.54, 1.807) is 13.0 Å². The van der Waals surface area contributed by atoms with Crippen LogP contribution < -0.4 is 5.32 Å². The van der Waals surface area contributed by atoms with Gasteiger partial charge in [-0.15, -0.1) is 0 Å². The van der Waals surface area contributed by atoms with Gasteiger partial charge in [0.1, 0.15) is 5.57 Å². The highest BCUT2D eigenvalue weighted by molar-refractivity contribution is 6.20. The second-order valence-corrected chi connectivity index (χ2v) is 7.59. The fraction of sp³-hybridized carbons (Fsp3) is 0.333. The third kappa shape index (κ3) is 6.17. The number of esters is 1. The number of ketones is 1. The Bertz CT molecular complexity index is 765. The highest BCUT2D eigenvalue weighted by Crippen LogP contribution is 2.28. The van der Waals surface area contributed by atoms with Gasteiger partial charge in [0.25, 0.3) is 0 Å². The van der Waals surface area contributed by atoms with Gasteiger partial charge in [-0.2, -0.15) is 0 Å². The molecule has 0 unspecified atom stereocenters. The minimum atomic E-state index is -0.583. The van der Waals surface area contributed by atoms with E-state index in [-0.39, 0.29) is 23.5 Å². The Labute approximate surface area is 167 Å². The summed E-state index contributed by atoms with van der Waals surface area (Å²) >= 11 is 0. The molecule has 0 aliphatic heterocycles. The monoisotopic (exact) mass is 379 g/mol.